The lowest BCUT2D eigenvalue weighted by Gasteiger charge is -2.26. The first-order chi connectivity index (χ1) is 32.1. The Hall–Kier alpha value is -8.20. The Morgan fingerprint density at radius 1 is 0.354 bits per heavy atom. The molecule has 65 heavy (non-hydrogen) atoms. The van der Waals surface area contributed by atoms with Gasteiger partial charge in [-0.05, 0) is 120 Å². The first kappa shape index (κ1) is 39.6. The van der Waals surface area contributed by atoms with Gasteiger partial charge in [0.25, 0.3) is 0 Å². The van der Waals surface area contributed by atoms with E-state index in [-0.39, 0.29) is 0 Å². The van der Waals surface area contributed by atoms with Crippen LogP contribution in [0.15, 0.2) is 243 Å². The van der Waals surface area contributed by atoms with Crippen molar-refractivity contribution in [3.05, 3.63) is 248 Å². The van der Waals surface area contributed by atoms with Crippen molar-refractivity contribution in [2.45, 2.75) is 13.3 Å². The van der Waals surface area contributed by atoms with Gasteiger partial charge in [0, 0.05) is 16.7 Å². The van der Waals surface area contributed by atoms with Gasteiger partial charge in [-0.1, -0.05) is 219 Å². The number of hydrogen-bond acceptors (Lipinski definition) is 2. The van der Waals surface area contributed by atoms with Crippen molar-refractivity contribution in [1.82, 2.24) is 9.97 Å². The fourth-order valence-corrected chi connectivity index (χ4v) is 9.37. The number of allylic oxidation sites excluding steroid dienone is 4. The molecule has 0 fully saturated rings. The molecule has 308 valence electrons. The Kier molecular flexibility index (Phi) is 10.7. The molecular weight excluding hydrogens is 785 g/mol. The van der Waals surface area contributed by atoms with E-state index in [1.807, 2.05) is 12.1 Å². The Morgan fingerprint density at radius 2 is 0.800 bits per heavy atom. The molecule has 1 atom stereocenters. The third kappa shape index (κ3) is 7.92. The average molecular weight is 831 g/mol. The van der Waals surface area contributed by atoms with Gasteiger partial charge in [-0.2, -0.15) is 0 Å². The van der Waals surface area contributed by atoms with E-state index in [4.69, 9.17) is 9.97 Å². The van der Waals surface area contributed by atoms with Crippen molar-refractivity contribution in [3.63, 3.8) is 0 Å². The second-order valence-corrected chi connectivity index (χ2v) is 16.9. The zero-order valence-electron chi connectivity index (χ0n) is 36.3. The van der Waals surface area contributed by atoms with Crippen LogP contribution in [0, 0.1) is 5.92 Å². The molecule has 1 unspecified atom stereocenters. The van der Waals surface area contributed by atoms with Crippen molar-refractivity contribution >= 4 is 16.3 Å². The molecule has 0 bridgehead atoms. The van der Waals surface area contributed by atoms with E-state index in [2.05, 4.69) is 237 Å². The normalized spacial score (nSPS) is 13.4. The minimum absolute atomic E-state index is 0.472. The highest BCUT2D eigenvalue weighted by atomic mass is 14.9. The van der Waals surface area contributed by atoms with Crippen LogP contribution in [-0.4, -0.2) is 9.97 Å². The van der Waals surface area contributed by atoms with Gasteiger partial charge < -0.3 is 0 Å². The monoisotopic (exact) mass is 830 g/mol. The molecule has 0 saturated carbocycles. The van der Waals surface area contributed by atoms with Crippen LogP contribution in [0.5, 0.6) is 0 Å². The summed E-state index contributed by atoms with van der Waals surface area (Å²) in [5.41, 5.74) is 19.0. The summed E-state index contributed by atoms with van der Waals surface area (Å²) >= 11 is 0. The maximum Gasteiger partial charge on any atom is 0.161 e. The number of benzene rings is 9. The van der Waals surface area contributed by atoms with Gasteiger partial charge in [0.1, 0.15) is 0 Å². The molecule has 0 amide bonds. The Bertz CT molecular complexity index is 3310. The average Bonchev–Trinajstić information content (AvgIpc) is 3.39. The third-order valence-electron chi connectivity index (χ3n) is 12.6. The van der Waals surface area contributed by atoms with Crippen LogP contribution in [0.3, 0.4) is 0 Å². The highest BCUT2D eigenvalue weighted by Crippen LogP contribution is 2.50. The third-order valence-corrected chi connectivity index (χ3v) is 12.6. The van der Waals surface area contributed by atoms with E-state index in [1.165, 1.54) is 50.1 Å². The van der Waals surface area contributed by atoms with E-state index < -0.39 is 0 Å². The number of rotatable bonds is 9. The zero-order chi connectivity index (χ0) is 43.5. The zero-order valence-corrected chi connectivity index (χ0v) is 36.3. The molecule has 0 saturated heterocycles. The molecule has 10 aromatic rings. The molecule has 0 radical (unpaired) electrons. The molecule has 1 aliphatic carbocycles. The maximum absolute atomic E-state index is 5.36. The summed E-state index contributed by atoms with van der Waals surface area (Å²) in [5.74, 6) is 1.16. The summed E-state index contributed by atoms with van der Waals surface area (Å²) < 4.78 is 0. The molecule has 1 aliphatic rings. The number of aromatic nitrogens is 2. The van der Waals surface area contributed by atoms with Crippen LogP contribution in [0.1, 0.15) is 18.9 Å². The van der Waals surface area contributed by atoms with Crippen LogP contribution >= 0.6 is 0 Å². The van der Waals surface area contributed by atoms with Crippen LogP contribution in [0.2, 0.25) is 0 Å². The quantitative estimate of drug-likeness (QED) is 0.145. The fourth-order valence-electron chi connectivity index (χ4n) is 9.37. The van der Waals surface area contributed by atoms with E-state index in [9.17, 15) is 0 Å². The first-order valence-electron chi connectivity index (χ1n) is 22.5. The van der Waals surface area contributed by atoms with Gasteiger partial charge in [0.05, 0.1) is 11.4 Å². The van der Waals surface area contributed by atoms with Gasteiger partial charge in [-0.3, -0.25) is 0 Å². The van der Waals surface area contributed by atoms with Crippen molar-refractivity contribution in [3.8, 4) is 89.5 Å². The molecule has 0 spiro atoms. The van der Waals surface area contributed by atoms with Gasteiger partial charge in [0.15, 0.2) is 5.82 Å². The van der Waals surface area contributed by atoms with Gasteiger partial charge in [0.2, 0.25) is 0 Å². The largest absolute Gasteiger partial charge is 0.228 e. The molecule has 1 heterocycles. The van der Waals surface area contributed by atoms with Crippen molar-refractivity contribution < 1.29 is 0 Å². The summed E-state index contributed by atoms with van der Waals surface area (Å²) in [7, 11) is 0. The lowest BCUT2D eigenvalue weighted by Crippen LogP contribution is -2.02. The molecule has 1 aromatic heterocycles. The minimum Gasteiger partial charge on any atom is -0.228 e. The van der Waals surface area contributed by atoms with Crippen LogP contribution < -0.4 is 0 Å². The minimum atomic E-state index is 0.472. The van der Waals surface area contributed by atoms with Gasteiger partial charge in [-0.25, -0.2) is 9.97 Å². The smallest absolute Gasteiger partial charge is 0.161 e. The number of fused-ring (bicyclic) bond motifs is 1. The lowest BCUT2D eigenvalue weighted by atomic mass is 9.77. The van der Waals surface area contributed by atoms with E-state index in [1.54, 1.807) is 0 Å². The summed E-state index contributed by atoms with van der Waals surface area (Å²) in [6, 6.07) is 80.5. The first-order valence-corrected chi connectivity index (χ1v) is 22.5. The number of nitrogens with zero attached hydrogens (tertiary/aromatic N) is 2. The van der Waals surface area contributed by atoms with E-state index in [0.717, 1.165) is 62.0 Å². The molecule has 2 nitrogen and oxygen atoms in total. The number of hydrogen-bond donors (Lipinski definition) is 0. The van der Waals surface area contributed by atoms with Gasteiger partial charge >= 0.3 is 0 Å². The second kappa shape index (κ2) is 17.5. The van der Waals surface area contributed by atoms with Crippen molar-refractivity contribution in [1.29, 1.82) is 0 Å². The second-order valence-electron chi connectivity index (χ2n) is 16.9. The standard InChI is InChI=1S/C63H46N2/c1-43-34-36-49(37-35-43)61-56(41-55(44-20-7-2-8-21-44)60(47-26-13-5-14-27-47)62(61)48-28-15-6-16-29-48)53-33-19-32-52(38-53)54-39-50-30-17-18-31-51(50)40-57(54)63-64-58(45-22-9-3-10-23-45)42-59(65-63)46-24-11-4-12-25-46/h2-34,36-43H,35H2,1H3. The highest BCUT2D eigenvalue weighted by molar-refractivity contribution is 6.07. The lowest BCUT2D eigenvalue weighted by molar-refractivity contribution is 0.739. The van der Waals surface area contributed by atoms with Crippen LogP contribution in [0.4, 0.5) is 0 Å². The SMILES string of the molecule is CC1C=CC(c2c(-c3cccc(-c4cc5ccccc5cc4-c4nc(-c5ccccc5)cc(-c5ccccc5)n4)c3)cc(-c3ccccc3)c(-c3ccccc3)c2-c2ccccc2)=CC1. The molecule has 0 aliphatic heterocycles. The van der Waals surface area contributed by atoms with E-state index >= 15 is 0 Å². The predicted octanol–water partition coefficient (Wildman–Crippen LogP) is 16.9. The maximum atomic E-state index is 5.36. The van der Waals surface area contributed by atoms with Crippen LogP contribution in [0.25, 0.3) is 106 Å². The van der Waals surface area contributed by atoms with E-state index in [0.29, 0.717) is 11.7 Å². The fraction of sp³-hybridized carbons (Fsp3) is 0.0476. The molecular formula is C63H46N2. The van der Waals surface area contributed by atoms with Gasteiger partial charge in [-0.15, -0.1) is 0 Å². The Balaban J connectivity index is 1.19. The summed E-state index contributed by atoms with van der Waals surface area (Å²) in [4.78, 5) is 10.7. The predicted molar refractivity (Wildman–Crippen MR) is 274 cm³/mol. The van der Waals surface area contributed by atoms with Crippen LogP contribution in [-0.2, 0) is 0 Å². The Labute approximate surface area is 381 Å². The highest BCUT2D eigenvalue weighted by Gasteiger charge is 2.25. The summed E-state index contributed by atoms with van der Waals surface area (Å²) in [5, 5.41) is 2.30. The van der Waals surface area contributed by atoms with Crippen molar-refractivity contribution in [2.75, 3.05) is 0 Å². The summed E-state index contributed by atoms with van der Waals surface area (Å²) in [6.07, 6.45) is 8.14. The van der Waals surface area contributed by atoms with Crippen molar-refractivity contribution in [2.24, 2.45) is 5.92 Å². The topological polar surface area (TPSA) is 25.8 Å². The Morgan fingerprint density at radius 3 is 1.34 bits per heavy atom. The molecule has 2 heteroatoms. The molecule has 0 N–H and O–H groups in total. The molecule has 11 rings (SSSR count). The molecule has 9 aromatic carbocycles. The summed E-state index contributed by atoms with van der Waals surface area (Å²) in [6.45, 7) is 2.30.